The summed E-state index contributed by atoms with van der Waals surface area (Å²) in [6.45, 7) is 2.21. The summed E-state index contributed by atoms with van der Waals surface area (Å²) in [5.41, 5.74) is 2.08. The molecule has 6 nitrogen and oxygen atoms in total. The van der Waals surface area contributed by atoms with Crippen molar-refractivity contribution in [3.8, 4) is 0 Å². The van der Waals surface area contributed by atoms with Crippen LogP contribution < -0.4 is 5.32 Å². The lowest BCUT2D eigenvalue weighted by atomic mass is 9.68. The van der Waals surface area contributed by atoms with Crippen LogP contribution in [0.4, 0.5) is 0 Å². The molecule has 30 heavy (non-hydrogen) atoms. The zero-order chi connectivity index (χ0) is 21.1. The fourth-order valence-electron chi connectivity index (χ4n) is 5.12. The highest BCUT2D eigenvalue weighted by Crippen LogP contribution is 2.49. The van der Waals surface area contributed by atoms with Crippen molar-refractivity contribution in [2.24, 2.45) is 0 Å². The maximum Gasteiger partial charge on any atom is 0.177 e. The molecule has 7 heteroatoms. The molecular formula is C23H31N3O3S. The number of sulfone groups is 1. The van der Waals surface area contributed by atoms with E-state index in [1.54, 1.807) is 12.3 Å². The van der Waals surface area contributed by atoms with Gasteiger partial charge in [0.05, 0.1) is 10.5 Å². The van der Waals surface area contributed by atoms with Gasteiger partial charge in [0.2, 0.25) is 0 Å². The summed E-state index contributed by atoms with van der Waals surface area (Å²) in [6, 6.07) is 7.91. The van der Waals surface area contributed by atoms with Gasteiger partial charge in [-0.1, -0.05) is 18.9 Å². The first-order valence-corrected chi connectivity index (χ1v) is 12.7. The Balaban J connectivity index is 1.45. The van der Waals surface area contributed by atoms with E-state index < -0.39 is 9.84 Å². The average Bonchev–Trinajstić information content (AvgIpc) is 3.19. The van der Waals surface area contributed by atoms with Gasteiger partial charge in [0.25, 0.3) is 0 Å². The number of hydrogen-bond donors (Lipinski definition) is 1. The number of hydrogen-bond acceptors (Lipinski definition) is 6. The largest absolute Gasteiger partial charge is 0.375 e. The molecule has 1 aliphatic heterocycles. The predicted molar refractivity (Wildman–Crippen MR) is 116 cm³/mol. The average molecular weight is 430 g/mol. The van der Waals surface area contributed by atoms with Crippen LogP contribution in [0, 0.1) is 0 Å². The van der Waals surface area contributed by atoms with Crippen molar-refractivity contribution in [1.82, 2.24) is 15.3 Å². The lowest BCUT2D eigenvalue weighted by molar-refractivity contribution is -0.104. The quantitative estimate of drug-likeness (QED) is 0.679. The molecule has 1 spiro atoms. The van der Waals surface area contributed by atoms with Crippen LogP contribution in [0.5, 0.6) is 0 Å². The fraction of sp³-hybridized carbons (Fsp3) is 0.565. The van der Waals surface area contributed by atoms with Crippen molar-refractivity contribution in [3.63, 3.8) is 0 Å². The molecule has 0 amide bonds. The van der Waals surface area contributed by atoms with Gasteiger partial charge in [0.1, 0.15) is 0 Å². The second-order valence-electron chi connectivity index (χ2n) is 8.89. The molecule has 0 unspecified atom stereocenters. The Bertz CT molecular complexity index is 959. The van der Waals surface area contributed by atoms with E-state index in [-0.39, 0.29) is 15.9 Å². The van der Waals surface area contributed by atoms with Crippen LogP contribution in [0.1, 0.15) is 56.2 Å². The van der Waals surface area contributed by atoms with Gasteiger partial charge in [0, 0.05) is 49.1 Å². The minimum atomic E-state index is -3.24. The van der Waals surface area contributed by atoms with E-state index in [9.17, 15) is 8.42 Å². The van der Waals surface area contributed by atoms with E-state index in [4.69, 9.17) is 9.72 Å². The molecule has 1 N–H and O–H groups in total. The maximum atomic E-state index is 11.8. The molecule has 3 heterocycles. The van der Waals surface area contributed by atoms with Gasteiger partial charge >= 0.3 is 0 Å². The van der Waals surface area contributed by atoms with Crippen molar-refractivity contribution in [2.45, 2.75) is 67.4 Å². The molecule has 1 saturated heterocycles. The van der Waals surface area contributed by atoms with Gasteiger partial charge < -0.3 is 10.1 Å². The Kier molecular flexibility index (Phi) is 6.23. The lowest BCUT2D eigenvalue weighted by Crippen LogP contribution is -2.47. The predicted octanol–water partition coefficient (Wildman–Crippen LogP) is 3.42. The first-order valence-electron chi connectivity index (χ1n) is 10.8. The molecule has 0 aromatic carbocycles. The molecular weight excluding hydrogens is 398 g/mol. The first kappa shape index (κ1) is 21.4. The maximum absolute atomic E-state index is 11.8. The smallest absolute Gasteiger partial charge is 0.177 e. The van der Waals surface area contributed by atoms with E-state index in [0.29, 0.717) is 6.54 Å². The van der Waals surface area contributed by atoms with Crippen LogP contribution in [-0.2, 0) is 26.5 Å². The molecule has 4 rings (SSSR count). The highest BCUT2D eigenvalue weighted by atomic mass is 32.2. The van der Waals surface area contributed by atoms with Gasteiger partial charge in [-0.15, -0.1) is 0 Å². The SMILES string of the molecule is CS(=O)(=O)c1cncc(CNCC[C@@]2(c3ccccn3)CCOC3(CCCC3)C2)c1. The van der Waals surface area contributed by atoms with E-state index in [2.05, 4.69) is 22.4 Å². The Morgan fingerprint density at radius 3 is 2.73 bits per heavy atom. The number of rotatable bonds is 7. The van der Waals surface area contributed by atoms with Gasteiger partial charge in [-0.25, -0.2) is 8.42 Å². The monoisotopic (exact) mass is 429 g/mol. The summed E-state index contributed by atoms with van der Waals surface area (Å²) in [4.78, 5) is 9.09. The van der Waals surface area contributed by atoms with Crippen molar-refractivity contribution in [2.75, 3.05) is 19.4 Å². The van der Waals surface area contributed by atoms with E-state index in [0.717, 1.165) is 50.8 Å². The second-order valence-corrected chi connectivity index (χ2v) is 10.9. The van der Waals surface area contributed by atoms with Crippen LogP contribution in [0.2, 0.25) is 0 Å². The molecule has 1 aliphatic carbocycles. The summed E-state index contributed by atoms with van der Waals surface area (Å²) in [6.07, 6.45) is 14.0. The third-order valence-electron chi connectivity index (χ3n) is 6.68. The number of pyridine rings is 2. The Morgan fingerprint density at radius 1 is 1.17 bits per heavy atom. The Hall–Kier alpha value is -1.83. The molecule has 2 aliphatic rings. The van der Waals surface area contributed by atoms with Gasteiger partial charge in [0.15, 0.2) is 9.84 Å². The van der Waals surface area contributed by atoms with Crippen LogP contribution >= 0.6 is 0 Å². The fourth-order valence-corrected chi connectivity index (χ4v) is 5.74. The molecule has 2 aromatic rings. The summed E-state index contributed by atoms with van der Waals surface area (Å²) < 4.78 is 29.8. The lowest BCUT2D eigenvalue weighted by Gasteiger charge is -2.46. The Morgan fingerprint density at radius 2 is 2.00 bits per heavy atom. The summed E-state index contributed by atoms with van der Waals surface area (Å²) in [7, 11) is -3.24. The van der Waals surface area contributed by atoms with Gasteiger partial charge in [-0.05, 0) is 62.4 Å². The number of aromatic nitrogens is 2. The standard InChI is InChI=1S/C23H31N3O3S/c1-30(27,28)20-14-19(16-25-17-20)15-24-12-9-22(21-6-2-5-11-26-21)10-13-29-23(18-22)7-3-4-8-23/h2,5-6,11,14,16-17,24H,3-4,7-10,12-13,15,18H2,1H3/t22-/m1/s1. The zero-order valence-electron chi connectivity index (χ0n) is 17.6. The third kappa shape index (κ3) is 4.74. The summed E-state index contributed by atoms with van der Waals surface area (Å²) in [5.74, 6) is 0. The summed E-state index contributed by atoms with van der Waals surface area (Å²) >= 11 is 0. The van der Waals surface area contributed by atoms with E-state index in [1.807, 2.05) is 12.3 Å². The molecule has 2 fully saturated rings. The molecule has 1 saturated carbocycles. The minimum Gasteiger partial charge on any atom is -0.375 e. The Labute approximate surface area is 179 Å². The highest BCUT2D eigenvalue weighted by molar-refractivity contribution is 7.90. The third-order valence-corrected chi connectivity index (χ3v) is 7.76. The van der Waals surface area contributed by atoms with Gasteiger partial charge in [-0.3, -0.25) is 9.97 Å². The van der Waals surface area contributed by atoms with E-state index in [1.165, 1.54) is 31.0 Å². The van der Waals surface area contributed by atoms with E-state index >= 15 is 0 Å². The summed E-state index contributed by atoms with van der Waals surface area (Å²) in [5, 5.41) is 3.50. The van der Waals surface area contributed by atoms with Crippen LogP contribution in [0.15, 0.2) is 47.8 Å². The van der Waals surface area contributed by atoms with Gasteiger partial charge in [-0.2, -0.15) is 0 Å². The van der Waals surface area contributed by atoms with Crippen molar-refractivity contribution in [3.05, 3.63) is 54.1 Å². The number of nitrogens with one attached hydrogen (secondary N) is 1. The van der Waals surface area contributed by atoms with Crippen LogP contribution in [0.25, 0.3) is 0 Å². The molecule has 0 radical (unpaired) electrons. The van der Waals surface area contributed by atoms with Crippen molar-refractivity contribution < 1.29 is 13.2 Å². The first-order chi connectivity index (χ1) is 14.4. The van der Waals surface area contributed by atoms with Crippen molar-refractivity contribution in [1.29, 1.82) is 0 Å². The second kappa shape index (κ2) is 8.73. The van der Waals surface area contributed by atoms with Crippen LogP contribution in [0.3, 0.4) is 0 Å². The molecule has 0 bridgehead atoms. The topological polar surface area (TPSA) is 81.2 Å². The normalized spacial score (nSPS) is 23.6. The molecule has 2 aromatic heterocycles. The highest BCUT2D eigenvalue weighted by Gasteiger charge is 2.48. The zero-order valence-corrected chi connectivity index (χ0v) is 18.5. The number of nitrogens with zero attached hydrogens (tertiary/aromatic N) is 2. The van der Waals surface area contributed by atoms with Crippen molar-refractivity contribution >= 4 is 9.84 Å². The number of ether oxygens (including phenoxy) is 1. The minimum absolute atomic E-state index is 0.0174. The van der Waals surface area contributed by atoms with Crippen LogP contribution in [-0.4, -0.2) is 43.4 Å². The molecule has 162 valence electrons. The molecule has 1 atom stereocenters.